The Morgan fingerprint density at radius 2 is 1.96 bits per heavy atom. The third-order valence-electron chi connectivity index (χ3n) is 6.29. The van der Waals surface area contributed by atoms with Crippen LogP contribution in [0.4, 0.5) is 13.2 Å². The van der Waals surface area contributed by atoms with Gasteiger partial charge >= 0.3 is 18.1 Å². The molecule has 0 aromatic rings. The second-order valence-electron chi connectivity index (χ2n) is 7.77. The first-order valence-electron chi connectivity index (χ1n) is 7.97. The molecule has 0 aromatic carbocycles. The Labute approximate surface area is 142 Å². The summed E-state index contributed by atoms with van der Waals surface area (Å²) in [5.74, 6) is -3.23. The summed E-state index contributed by atoms with van der Waals surface area (Å²) in [6.07, 6.45) is -4.29. The molecule has 6 nitrogen and oxygen atoms in total. The Balaban J connectivity index is 2.07. The summed E-state index contributed by atoms with van der Waals surface area (Å²) < 4.78 is 49.7. The van der Waals surface area contributed by atoms with E-state index in [0.717, 1.165) is 6.42 Å². The number of aliphatic imine (C=N–C) groups is 1. The van der Waals surface area contributed by atoms with Gasteiger partial charge in [-0.3, -0.25) is 4.99 Å². The van der Waals surface area contributed by atoms with Crippen LogP contribution < -0.4 is 0 Å². The Morgan fingerprint density at radius 3 is 2.44 bits per heavy atom. The first-order valence-corrected chi connectivity index (χ1v) is 7.97. The molecule has 4 rings (SSSR count). The minimum absolute atomic E-state index is 0.0699. The number of methoxy groups -OCH3 is 1. The number of hydrogen-bond acceptors (Lipinski definition) is 6. The normalized spacial score (nSPS) is 38.5. The van der Waals surface area contributed by atoms with Crippen molar-refractivity contribution < 1.29 is 37.3 Å². The summed E-state index contributed by atoms with van der Waals surface area (Å²) in [5.41, 5.74) is -5.04. The summed E-state index contributed by atoms with van der Waals surface area (Å²) in [4.78, 5) is 27.9. The fraction of sp³-hybridized carbons (Fsp3) is 0.812. The number of carbonyl (C=O) groups excluding carboxylic acids is 2. The van der Waals surface area contributed by atoms with E-state index in [0.29, 0.717) is 13.5 Å². The molecule has 4 aliphatic rings. The van der Waals surface area contributed by atoms with Crippen molar-refractivity contribution in [3.63, 3.8) is 0 Å². The van der Waals surface area contributed by atoms with Crippen LogP contribution in [0.15, 0.2) is 4.99 Å². The Hall–Kier alpha value is -1.64. The third kappa shape index (κ3) is 2.10. The maximum absolute atomic E-state index is 13.4. The van der Waals surface area contributed by atoms with Crippen LogP contribution in [0.3, 0.4) is 0 Å². The SMILES string of the molecule is COC(=O)[C@@](O)([C@@H]1N=C2C[C@@H]3C[C@@H](C3(C)C)[C@@]2(C)OC1=O)C(F)(F)F. The van der Waals surface area contributed by atoms with E-state index < -0.39 is 35.4 Å². The van der Waals surface area contributed by atoms with Gasteiger partial charge in [0, 0.05) is 5.92 Å². The molecule has 0 amide bonds. The number of carbonyl (C=O) groups is 2. The van der Waals surface area contributed by atoms with Gasteiger partial charge in [0.15, 0.2) is 11.6 Å². The van der Waals surface area contributed by atoms with E-state index in [-0.39, 0.29) is 23.0 Å². The van der Waals surface area contributed by atoms with Crippen molar-refractivity contribution in [1.82, 2.24) is 0 Å². The van der Waals surface area contributed by atoms with Gasteiger partial charge in [0.05, 0.1) is 12.8 Å². The number of nitrogens with zero attached hydrogens (tertiary/aromatic N) is 1. The van der Waals surface area contributed by atoms with Crippen molar-refractivity contribution in [2.24, 2.45) is 22.2 Å². The lowest BCUT2D eigenvalue weighted by molar-refractivity contribution is -0.271. The van der Waals surface area contributed by atoms with Crippen molar-refractivity contribution in [2.75, 3.05) is 7.11 Å². The zero-order valence-electron chi connectivity index (χ0n) is 14.3. The van der Waals surface area contributed by atoms with Gasteiger partial charge in [0.1, 0.15) is 0 Å². The number of esters is 2. The predicted molar refractivity (Wildman–Crippen MR) is 78.7 cm³/mol. The van der Waals surface area contributed by atoms with Crippen LogP contribution in [0.1, 0.15) is 33.6 Å². The van der Waals surface area contributed by atoms with Gasteiger partial charge in [0.2, 0.25) is 0 Å². The fourth-order valence-corrected chi connectivity index (χ4v) is 4.52. The fourth-order valence-electron chi connectivity index (χ4n) is 4.52. The first kappa shape index (κ1) is 18.2. The van der Waals surface area contributed by atoms with Gasteiger partial charge < -0.3 is 14.6 Å². The number of halogens is 3. The van der Waals surface area contributed by atoms with Gasteiger partial charge in [-0.15, -0.1) is 0 Å². The van der Waals surface area contributed by atoms with Gasteiger partial charge in [-0.2, -0.15) is 13.2 Å². The third-order valence-corrected chi connectivity index (χ3v) is 6.29. The second-order valence-corrected chi connectivity index (χ2v) is 7.77. The van der Waals surface area contributed by atoms with Gasteiger partial charge in [-0.25, -0.2) is 9.59 Å². The molecule has 9 heteroatoms. The molecular weight excluding hydrogens is 343 g/mol. The molecule has 2 bridgehead atoms. The van der Waals surface area contributed by atoms with Crippen LogP contribution in [0, 0.1) is 17.3 Å². The lowest BCUT2D eigenvalue weighted by atomic mass is 9.43. The highest BCUT2D eigenvalue weighted by molar-refractivity contribution is 6.03. The van der Waals surface area contributed by atoms with E-state index in [1.165, 1.54) is 0 Å². The first-order chi connectivity index (χ1) is 11.3. The van der Waals surface area contributed by atoms with Crippen LogP contribution in [0.5, 0.6) is 0 Å². The quantitative estimate of drug-likeness (QED) is 0.754. The maximum Gasteiger partial charge on any atom is 0.431 e. The van der Waals surface area contributed by atoms with Crippen LogP contribution in [0.2, 0.25) is 0 Å². The summed E-state index contributed by atoms with van der Waals surface area (Å²) in [7, 11) is 0.697. The summed E-state index contributed by atoms with van der Waals surface area (Å²) in [5, 5.41) is 10.1. The van der Waals surface area contributed by atoms with E-state index in [4.69, 9.17) is 4.74 Å². The summed E-state index contributed by atoms with van der Waals surface area (Å²) in [6.45, 7) is 5.68. The molecule has 0 radical (unpaired) electrons. The van der Waals surface area contributed by atoms with Crippen LogP contribution in [0.25, 0.3) is 0 Å². The monoisotopic (exact) mass is 363 g/mol. The van der Waals surface area contributed by atoms with Crippen molar-refractivity contribution in [2.45, 2.75) is 57.0 Å². The highest BCUT2D eigenvalue weighted by Gasteiger charge is 2.72. The lowest BCUT2D eigenvalue weighted by Gasteiger charge is -2.64. The van der Waals surface area contributed by atoms with E-state index in [1.54, 1.807) is 6.92 Å². The summed E-state index contributed by atoms with van der Waals surface area (Å²) >= 11 is 0. The largest absolute Gasteiger partial charge is 0.467 e. The molecule has 1 heterocycles. The molecule has 1 aliphatic heterocycles. The molecule has 3 aliphatic carbocycles. The standard InChI is InChI=1S/C16H20F3NO5/c1-13(2)7-5-8(13)14(3)9(6-7)20-10(11(21)25-14)15(23,12(22)24-4)16(17,18)19/h7-8,10,23H,5-6H2,1-4H3/t7-,8-,10+,14+,15-/m0/s1. The minimum atomic E-state index is -5.45. The highest BCUT2D eigenvalue weighted by atomic mass is 19.4. The maximum atomic E-state index is 13.4. The van der Waals surface area contributed by atoms with E-state index in [9.17, 15) is 27.9 Å². The van der Waals surface area contributed by atoms with Crippen molar-refractivity contribution in [3.05, 3.63) is 0 Å². The number of rotatable bonds is 2. The van der Waals surface area contributed by atoms with E-state index >= 15 is 0 Å². The van der Waals surface area contributed by atoms with Gasteiger partial charge in [0.25, 0.3) is 5.60 Å². The topological polar surface area (TPSA) is 85.2 Å². The van der Waals surface area contributed by atoms with Gasteiger partial charge in [-0.05, 0) is 31.1 Å². The zero-order chi connectivity index (χ0) is 19.0. The average Bonchev–Trinajstić information content (AvgIpc) is 2.49. The van der Waals surface area contributed by atoms with Crippen molar-refractivity contribution >= 4 is 17.7 Å². The van der Waals surface area contributed by atoms with Gasteiger partial charge in [-0.1, -0.05) is 13.8 Å². The number of hydrogen-bond donors (Lipinski definition) is 1. The Morgan fingerprint density at radius 1 is 1.36 bits per heavy atom. The molecule has 0 unspecified atom stereocenters. The van der Waals surface area contributed by atoms with Crippen LogP contribution in [-0.2, 0) is 19.1 Å². The average molecular weight is 363 g/mol. The number of ether oxygens (including phenoxy) is 2. The number of aliphatic hydroxyl groups is 1. The molecular formula is C16H20F3NO5. The smallest absolute Gasteiger partial charge is 0.431 e. The molecule has 0 aromatic heterocycles. The Kier molecular flexibility index (Phi) is 3.60. The molecule has 140 valence electrons. The van der Waals surface area contributed by atoms with Crippen molar-refractivity contribution in [3.8, 4) is 0 Å². The molecule has 3 fully saturated rings. The number of alkyl halides is 3. The van der Waals surface area contributed by atoms with Crippen LogP contribution in [-0.4, -0.2) is 53.3 Å². The zero-order valence-corrected chi connectivity index (χ0v) is 14.3. The van der Waals surface area contributed by atoms with Crippen LogP contribution >= 0.6 is 0 Å². The summed E-state index contributed by atoms with van der Waals surface area (Å²) in [6, 6.07) is -2.43. The van der Waals surface area contributed by atoms with E-state index in [1.807, 2.05) is 13.8 Å². The molecule has 25 heavy (non-hydrogen) atoms. The van der Waals surface area contributed by atoms with Crippen molar-refractivity contribution in [1.29, 1.82) is 0 Å². The highest BCUT2D eigenvalue weighted by Crippen LogP contribution is 2.63. The minimum Gasteiger partial charge on any atom is -0.467 e. The molecule has 3 saturated carbocycles. The molecule has 1 N–H and O–H groups in total. The molecule has 0 saturated heterocycles. The lowest BCUT2D eigenvalue weighted by Crippen LogP contribution is -2.71. The van der Waals surface area contributed by atoms with E-state index in [2.05, 4.69) is 9.73 Å². The molecule has 5 atom stereocenters. The Bertz CT molecular complexity index is 673. The second kappa shape index (κ2) is 4.96. The molecule has 0 spiro atoms. The predicted octanol–water partition coefficient (Wildman–Crippen LogP) is 1.64.